The first-order chi connectivity index (χ1) is 14.4. The Morgan fingerprint density at radius 2 is 1.77 bits per heavy atom. The van der Waals surface area contributed by atoms with Gasteiger partial charge in [0.15, 0.2) is 5.76 Å². The predicted molar refractivity (Wildman–Crippen MR) is 118 cm³/mol. The molecule has 0 fully saturated rings. The molecule has 0 unspecified atom stereocenters. The molecule has 3 amide bonds. The minimum absolute atomic E-state index is 0.0891. The van der Waals surface area contributed by atoms with Gasteiger partial charge in [0, 0.05) is 31.6 Å². The molecule has 2 aromatic rings. The van der Waals surface area contributed by atoms with Gasteiger partial charge in [-0.2, -0.15) is 0 Å². The van der Waals surface area contributed by atoms with E-state index in [1.54, 1.807) is 30.3 Å². The average molecular weight is 434 g/mol. The number of anilines is 2. The smallest absolute Gasteiger partial charge is 0.291 e. The predicted octanol–water partition coefficient (Wildman–Crippen LogP) is 4.94. The van der Waals surface area contributed by atoms with Gasteiger partial charge in [0.2, 0.25) is 11.8 Å². The molecule has 2 N–H and O–H groups in total. The summed E-state index contributed by atoms with van der Waals surface area (Å²) < 4.78 is 5.04. The zero-order valence-corrected chi connectivity index (χ0v) is 18.1. The van der Waals surface area contributed by atoms with Crippen LogP contribution in [0.2, 0.25) is 5.02 Å². The molecule has 0 spiro atoms. The van der Waals surface area contributed by atoms with Crippen molar-refractivity contribution in [3.63, 3.8) is 0 Å². The number of nitrogens with one attached hydrogen (secondary N) is 2. The standard InChI is InChI=1S/C22H28ClN3O4/c1-3-12-26(13-4-2)21(28)9-5-8-20(27)24-16-10-11-18(17(23)15-16)25-22(29)19-7-6-14-30-19/h6-7,10-11,14-15H,3-5,8-9,12-13H2,1-2H3,(H,24,27)(H,25,29). The minimum Gasteiger partial charge on any atom is -0.459 e. The molecule has 0 saturated heterocycles. The number of hydrogen-bond acceptors (Lipinski definition) is 4. The highest BCUT2D eigenvalue weighted by atomic mass is 35.5. The van der Waals surface area contributed by atoms with Crippen molar-refractivity contribution in [2.75, 3.05) is 23.7 Å². The maximum Gasteiger partial charge on any atom is 0.291 e. The van der Waals surface area contributed by atoms with Crippen LogP contribution < -0.4 is 10.6 Å². The summed E-state index contributed by atoms with van der Waals surface area (Å²) in [6, 6.07) is 7.99. The van der Waals surface area contributed by atoms with E-state index in [1.165, 1.54) is 6.26 Å². The topological polar surface area (TPSA) is 91.7 Å². The van der Waals surface area contributed by atoms with Crippen LogP contribution in [0.15, 0.2) is 41.0 Å². The molecule has 1 aromatic carbocycles. The molecule has 0 aliphatic heterocycles. The monoisotopic (exact) mass is 433 g/mol. The van der Waals surface area contributed by atoms with E-state index >= 15 is 0 Å². The third-order valence-corrected chi connectivity index (χ3v) is 4.69. The van der Waals surface area contributed by atoms with Crippen LogP contribution in [0.1, 0.15) is 56.5 Å². The molecule has 0 radical (unpaired) electrons. The Morgan fingerprint density at radius 1 is 1.03 bits per heavy atom. The fraction of sp³-hybridized carbons (Fsp3) is 0.409. The average Bonchev–Trinajstić information content (AvgIpc) is 3.25. The first-order valence-electron chi connectivity index (χ1n) is 10.2. The van der Waals surface area contributed by atoms with Crippen LogP contribution in [0, 0.1) is 0 Å². The number of rotatable bonds is 11. The van der Waals surface area contributed by atoms with Crippen molar-refractivity contribution in [2.24, 2.45) is 0 Å². The summed E-state index contributed by atoms with van der Waals surface area (Å²) in [6.45, 7) is 5.59. The normalized spacial score (nSPS) is 10.5. The van der Waals surface area contributed by atoms with Crippen molar-refractivity contribution in [3.05, 3.63) is 47.4 Å². The highest BCUT2D eigenvalue weighted by molar-refractivity contribution is 6.34. The van der Waals surface area contributed by atoms with Gasteiger partial charge in [-0.05, 0) is 49.6 Å². The Bertz CT molecular complexity index is 846. The Kier molecular flexibility index (Phi) is 9.41. The zero-order chi connectivity index (χ0) is 21.9. The Labute approximate surface area is 181 Å². The van der Waals surface area contributed by atoms with Gasteiger partial charge < -0.3 is 20.0 Å². The zero-order valence-electron chi connectivity index (χ0n) is 17.4. The highest BCUT2D eigenvalue weighted by Gasteiger charge is 2.14. The largest absolute Gasteiger partial charge is 0.459 e. The molecular weight excluding hydrogens is 406 g/mol. The van der Waals surface area contributed by atoms with Crippen molar-refractivity contribution >= 4 is 40.7 Å². The van der Waals surface area contributed by atoms with E-state index in [1.807, 2.05) is 18.7 Å². The first kappa shape index (κ1) is 23.5. The van der Waals surface area contributed by atoms with Crippen LogP contribution in [0.3, 0.4) is 0 Å². The number of halogens is 1. The van der Waals surface area contributed by atoms with Crippen molar-refractivity contribution in [2.45, 2.75) is 46.0 Å². The second kappa shape index (κ2) is 12.0. The Balaban J connectivity index is 1.81. The maximum absolute atomic E-state index is 12.3. The third-order valence-electron chi connectivity index (χ3n) is 4.38. The van der Waals surface area contributed by atoms with E-state index in [-0.39, 0.29) is 29.0 Å². The first-order valence-corrected chi connectivity index (χ1v) is 10.5. The van der Waals surface area contributed by atoms with Crippen LogP contribution >= 0.6 is 11.6 Å². The van der Waals surface area contributed by atoms with E-state index in [9.17, 15) is 14.4 Å². The molecule has 162 valence electrons. The lowest BCUT2D eigenvalue weighted by molar-refractivity contribution is -0.131. The van der Waals surface area contributed by atoms with E-state index < -0.39 is 5.91 Å². The van der Waals surface area contributed by atoms with Gasteiger partial charge >= 0.3 is 0 Å². The molecule has 1 heterocycles. The molecule has 0 atom stereocenters. The van der Waals surface area contributed by atoms with Crippen molar-refractivity contribution < 1.29 is 18.8 Å². The van der Waals surface area contributed by atoms with Gasteiger partial charge in [-0.1, -0.05) is 25.4 Å². The second-order valence-corrected chi connectivity index (χ2v) is 7.32. The Morgan fingerprint density at radius 3 is 2.37 bits per heavy atom. The van der Waals surface area contributed by atoms with Gasteiger partial charge in [-0.25, -0.2) is 0 Å². The number of carbonyl (C=O) groups is 3. The summed E-state index contributed by atoms with van der Waals surface area (Å²) >= 11 is 6.21. The summed E-state index contributed by atoms with van der Waals surface area (Å²) in [5.41, 5.74) is 0.930. The third kappa shape index (κ3) is 7.22. The van der Waals surface area contributed by atoms with E-state index in [4.69, 9.17) is 16.0 Å². The van der Waals surface area contributed by atoms with E-state index in [0.717, 1.165) is 25.9 Å². The van der Waals surface area contributed by atoms with Crippen LogP contribution in [0.5, 0.6) is 0 Å². The molecule has 30 heavy (non-hydrogen) atoms. The lowest BCUT2D eigenvalue weighted by Gasteiger charge is -2.21. The number of carbonyl (C=O) groups excluding carboxylic acids is 3. The van der Waals surface area contributed by atoms with Gasteiger partial charge in [0.1, 0.15) is 0 Å². The van der Waals surface area contributed by atoms with Gasteiger partial charge in [-0.3, -0.25) is 14.4 Å². The van der Waals surface area contributed by atoms with E-state index in [2.05, 4.69) is 10.6 Å². The summed E-state index contributed by atoms with van der Waals surface area (Å²) in [5.74, 6) is -0.340. The Hall–Kier alpha value is -2.80. The summed E-state index contributed by atoms with van der Waals surface area (Å²) in [4.78, 5) is 38.3. The number of amides is 3. The molecule has 8 heteroatoms. The number of benzene rings is 1. The van der Waals surface area contributed by atoms with Crippen molar-refractivity contribution in [1.29, 1.82) is 0 Å². The lowest BCUT2D eigenvalue weighted by Crippen LogP contribution is -2.32. The van der Waals surface area contributed by atoms with Crippen LogP contribution in [-0.2, 0) is 9.59 Å². The highest BCUT2D eigenvalue weighted by Crippen LogP contribution is 2.26. The number of hydrogen-bond donors (Lipinski definition) is 2. The van der Waals surface area contributed by atoms with Crippen molar-refractivity contribution in [1.82, 2.24) is 4.90 Å². The molecular formula is C22H28ClN3O4. The lowest BCUT2D eigenvalue weighted by atomic mass is 10.2. The van der Waals surface area contributed by atoms with Crippen LogP contribution in [-0.4, -0.2) is 35.7 Å². The summed E-state index contributed by atoms with van der Waals surface area (Å²) in [6.07, 6.45) is 4.34. The van der Waals surface area contributed by atoms with E-state index in [0.29, 0.717) is 24.2 Å². The van der Waals surface area contributed by atoms with Crippen LogP contribution in [0.4, 0.5) is 11.4 Å². The SMILES string of the molecule is CCCN(CCC)C(=O)CCCC(=O)Nc1ccc(NC(=O)c2ccco2)c(Cl)c1. The molecule has 0 aliphatic carbocycles. The molecule has 7 nitrogen and oxygen atoms in total. The molecule has 0 saturated carbocycles. The summed E-state index contributed by atoms with van der Waals surface area (Å²) in [7, 11) is 0. The van der Waals surface area contributed by atoms with Gasteiger partial charge in [0.05, 0.1) is 17.0 Å². The van der Waals surface area contributed by atoms with Gasteiger partial charge in [0.25, 0.3) is 5.91 Å². The molecule has 0 aliphatic rings. The van der Waals surface area contributed by atoms with Crippen LogP contribution in [0.25, 0.3) is 0 Å². The number of furan rings is 1. The summed E-state index contributed by atoms with van der Waals surface area (Å²) in [5, 5.41) is 5.71. The molecule has 2 rings (SSSR count). The van der Waals surface area contributed by atoms with Crippen molar-refractivity contribution in [3.8, 4) is 0 Å². The fourth-order valence-corrected chi connectivity index (χ4v) is 3.20. The molecule has 1 aromatic heterocycles. The molecule has 0 bridgehead atoms. The second-order valence-electron chi connectivity index (χ2n) is 6.91. The number of nitrogens with zero attached hydrogens (tertiary/aromatic N) is 1. The van der Waals surface area contributed by atoms with Gasteiger partial charge in [-0.15, -0.1) is 0 Å². The minimum atomic E-state index is -0.413. The fourth-order valence-electron chi connectivity index (χ4n) is 2.97. The maximum atomic E-state index is 12.3. The quantitative estimate of drug-likeness (QED) is 0.524.